The fourth-order valence-corrected chi connectivity index (χ4v) is 2.81. The number of hydrazone groups is 1. The molecule has 2 amide bonds. The van der Waals surface area contributed by atoms with Crippen molar-refractivity contribution in [1.29, 1.82) is 0 Å². The van der Waals surface area contributed by atoms with Crippen LogP contribution in [0.4, 0.5) is 5.69 Å². The molecule has 0 radical (unpaired) electrons. The molecule has 0 bridgehead atoms. The van der Waals surface area contributed by atoms with Gasteiger partial charge in [0.15, 0.2) is 0 Å². The number of hydrogen-bond acceptors (Lipinski definition) is 3. The van der Waals surface area contributed by atoms with Gasteiger partial charge in [-0.1, -0.05) is 57.9 Å². The van der Waals surface area contributed by atoms with Gasteiger partial charge in [0.2, 0.25) is 5.91 Å². The average Bonchev–Trinajstić information content (AvgIpc) is 2.59. The normalized spacial score (nSPS) is 14.2. The SMILES string of the molecule is Cc1ccc2c(c1)C(c1ccccc1)=NN(C(=O)CBr)CC(=O)N2. The standard InChI is InChI=1S/C18H16BrN3O2/c1-12-7-8-15-14(9-12)18(13-5-3-2-4-6-13)21-22(17(24)10-19)11-16(23)20-15/h2-9H,10-11H2,1H3,(H,20,23). The number of carbonyl (C=O) groups is 2. The zero-order valence-corrected chi connectivity index (χ0v) is 14.7. The summed E-state index contributed by atoms with van der Waals surface area (Å²) in [5, 5.41) is 8.70. The largest absolute Gasteiger partial charge is 0.324 e. The van der Waals surface area contributed by atoms with Gasteiger partial charge in [-0.25, -0.2) is 5.01 Å². The maximum atomic E-state index is 12.2. The molecule has 2 aromatic rings. The molecule has 1 aliphatic heterocycles. The van der Waals surface area contributed by atoms with Gasteiger partial charge < -0.3 is 5.32 Å². The Morgan fingerprint density at radius 1 is 1.25 bits per heavy atom. The average molecular weight is 386 g/mol. The summed E-state index contributed by atoms with van der Waals surface area (Å²) in [4.78, 5) is 24.3. The van der Waals surface area contributed by atoms with E-state index in [2.05, 4.69) is 26.3 Å². The van der Waals surface area contributed by atoms with Crippen LogP contribution in [0.2, 0.25) is 0 Å². The van der Waals surface area contributed by atoms with Gasteiger partial charge in [0.05, 0.1) is 11.0 Å². The van der Waals surface area contributed by atoms with Gasteiger partial charge in [0, 0.05) is 11.1 Å². The van der Waals surface area contributed by atoms with Crippen LogP contribution in [-0.2, 0) is 9.59 Å². The smallest absolute Gasteiger partial charge is 0.253 e. The molecule has 0 atom stereocenters. The number of carbonyl (C=O) groups excluding carboxylic acids is 2. The highest BCUT2D eigenvalue weighted by Gasteiger charge is 2.23. The second-order valence-electron chi connectivity index (χ2n) is 5.50. The Balaban J connectivity index is 2.22. The lowest BCUT2D eigenvalue weighted by Gasteiger charge is -2.23. The van der Waals surface area contributed by atoms with Crippen LogP contribution in [0, 0.1) is 6.92 Å². The Morgan fingerprint density at radius 2 is 2.00 bits per heavy atom. The van der Waals surface area contributed by atoms with E-state index in [1.807, 2.05) is 55.5 Å². The van der Waals surface area contributed by atoms with E-state index in [0.29, 0.717) is 11.4 Å². The number of fused-ring (bicyclic) bond motifs is 1. The topological polar surface area (TPSA) is 61.8 Å². The van der Waals surface area contributed by atoms with E-state index in [0.717, 1.165) is 16.7 Å². The van der Waals surface area contributed by atoms with Crippen molar-refractivity contribution in [3.05, 3.63) is 65.2 Å². The number of amides is 2. The molecule has 5 nitrogen and oxygen atoms in total. The van der Waals surface area contributed by atoms with E-state index in [1.54, 1.807) is 0 Å². The van der Waals surface area contributed by atoms with Crippen molar-refractivity contribution in [1.82, 2.24) is 5.01 Å². The van der Waals surface area contributed by atoms with E-state index < -0.39 is 0 Å². The molecule has 0 saturated heterocycles. The molecule has 2 aromatic carbocycles. The maximum Gasteiger partial charge on any atom is 0.253 e. The first-order valence-electron chi connectivity index (χ1n) is 7.49. The summed E-state index contributed by atoms with van der Waals surface area (Å²) >= 11 is 3.14. The Kier molecular flexibility index (Phi) is 4.76. The van der Waals surface area contributed by atoms with E-state index in [1.165, 1.54) is 5.01 Å². The predicted octanol–water partition coefficient (Wildman–Crippen LogP) is 2.92. The van der Waals surface area contributed by atoms with E-state index in [9.17, 15) is 9.59 Å². The van der Waals surface area contributed by atoms with Gasteiger partial charge in [-0.2, -0.15) is 5.10 Å². The van der Waals surface area contributed by atoms with Crippen LogP contribution in [0.25, 0.3) is 0 Å². The van der Waals surface area contributed by atoms with E-state index in [4.69, 9.17) is 0 Å². The van der Waals surface area contributed by atoms with Crippen LogP contribution >= 0.6 is 15.9 Å². The van der Waals surface area contributed by atoms with Crippen LogP contribution in [0.1, 0.15) is 16.7 Å². The van der Waals surface area contributed by atoms with Crippen LogP contribution in [0.15, 0.2) is 53.6 Å². The molecule has 1 N–H and O–H groups in total. The Labute approximate surface area is 148 Å². The molecule has 0 saturated carbocycles. The predicted molar refractivity (Wildman–Crippen MR) is 97.4 cm³/mol. The molecule has 0 unspecified atom stereocenters. The molecule has 1 aliphatic rings. The van der Waals surface area contributed by atoms with Crippen LogP contribution in [0.5, 0.6) is 0 Å². The number of nitrogens with one attached hydrogen (secondary N) is 1. The van der Waals surface area contributed by atoms with Crippen molar-refractivity contribution in [3.63, 3.8) is 0 Å². The first-order chi connectivity index (χ1) is 11.6. The van der Waals surface area contributed by atoms with E-state index >= 15 is 0 Å². The van der Waals surface area contributed by atoms with Crippen molar-refractivity contribution in [2.24, 2.45) is 5.10 Å². The lowest BCUT2D eigenvalue weighted by molar-refractivity contribution is -0.132. The number of aryl methyl sites for hydroxylation is 1. The molecular weight excluding hydrogens is 370 g/mol. The van der Waals surface area contributed by atoms with Crippen LogP contribution in [0.3, 0.4) is 0 Å². The van der Waals surface area contributed by atoms with Crippen molar-refractivity contribution in [2.75, 3.05) is 17.2 Å². The monoisotopic (exact) mass is 385 g/mol. The van der Waals surface area contributed by atoms with Gasteiger partial charge in [-0.3, -0.25) is 9.59 Å². The third-order valence-electron chi connectivity index (χ3n) is 3.67. The molecule has 3 rings (SSSR count). The minimum Gasteiger partial charge on any atom is -0.324 e. The molecule has 24 heavy (non-hydrogen) atoms. The first kappa shape index (κ1) is 16.4. The summed E-state index contributed by atoms with van der Waals surface area (Å²) in [7, 11) is 0. The molecular formula is C18H16BrN3O2. The Bertz CT molecular complexity index is 818. The number of anilines is 1. The highest BCUT2D eigenvalue weighted by atomic mass is 79.9. The molecule has 0 spiro atoms. The number of nitrogens with zero attached hydrogens (tertiary/aromatic N) is 2. The van der Waals surface area contributed by atoms with Crippen molar-refractivity contribution in [3.8, 4) is 0 Å². The summed E-state index contributed by atoms with van der Waals surface area (Å²) < 4.78 is 0. The number of halogens is 1. The van der Waals surface area contributed by atoms with Gasteiger partial charge in [0.1, 0.15) is 12.3 Å². The summed E-state index contributed by atoms with van der Waals surface area (Å²) in [6.45, 7) is 1.86. The van der Waals surface area contributed by atoms with E-state index in [-0.39, 0.29) is 23.7 Å². The fourth-order valence-electron chi connectivity index (χ4n) is 2.52. The minimum atomic E-state index is -0.273. The molecule has 1 heterocycles. The van der Waals surface area contributed by atoms with Crippen molar-refractivity contribution in [2.45, 2.75) is 6.92 Å². The molecule has 0 aromatic heterocycles. The van der Waals surface area contributed by atoms with Gasteiger partial charge in [-0.15, -0.1) is 0 Å². The summed E-state index contributed by atoms with van der Waals surface area (Å²) in [6, 6.07) is 15.4. The van der Waals surface area contributed by atoms with Gasteiger partial charge in [-0.05, 0) is 19.1 Å². The first-order valence-corrected chi connectivity index (χ1v) is 8.62. The third kappa shape index (κ3) is 3.38. The van der Waals surface area contributed by atoms with Gasteiger partial charge in [0.25, 0.3) is 5.91 Å². The third-order valence-corrected chi connectivity index (χ3v) is 4.15. The Hall–Kier alpha value is -2.47. The summed E-state index contributed by atoms with van der Waals surface area (Å²) in [6.07, 6.45) is 0. The molecule has 0 fully saturated rings. The van der Waals surface area contributed by atoms with Crippen molar-refractivity contribution < 1.29 is 9.59 Å². The quantitative estimate of drug-likeness (QED) is 0.807. The fraction of sp³-hybridized carbons (Fsp3) is 0.167. The summed E-state index contributed by atoms with van der Waals surface area (Å²) in [5.74, 6) is -0.542. The molecule has 6 heteroatoms. The highest BCUT2D eigenvalue weighted by Crippen LogP contribution is 2.24. The second kappa shape index (κ2) is 6.97. The van der Waals surface area contributed by atoms with Crippen LogP contribution in [-0.4, -0.2) is 34.4 Å². The zero-order chi connectivity index (χ0) is 17.1. The maximum absolute atomic E-state index is 12.2. The molecule has 0 aliphatic carbocycles. The van der Waals surface area contributed by atoms with Crippen LogP contribution < -0.4 is 5.32 Å². The lowest BCUT2D eigenvalue weighted by Crippen LogP contribution is -2.37. The highest BCUT2D eigenvalue weighted by molar-refractivity contribution is 9.09. The number of rotatable bonds is 2. The van der Waals surface area contributed by atoms with Gasteiger partial charge >= 0.3 is 0 Å². The molecule has 122 valence electrons. The van der Waals surface area contributed by atoms with Crippen molar-refractivity contribution >= 4 is 39.1 Å². The number of benzene rings is 2. The number of hydrogen-bond donors (Lipinski definition) is 1. The lowest BCUT2D eigenvalue weighted by atomic mass is 9.98. The summed E-state index contributed by atoms with van der Waals surface area (Å²) in [5.41, 5.74) is 4.07. The minimum absolute atomic E-state index is 0.104. The number of alkyl halides is 1. The Morgan fingerprint density at radius 3 is 2.71 bits per heavy atom. The second-order valence-corrected chi connectivity index (χ2v) is 6.06. The zero-order valence-electron chi connectivity index (χ0n) is 13.1.